The highest BCUT2D eigenvalue weighted by molar-refractivity contribution is 8.04. The predicted octanol–water partition coefficient (Wildman–Crippen LogP) is 4.76. The minimum Gasteiger partial charge on any atom is -0.382 e. The highest BCUT2D eigenvalue weighted by Crippen LogP contribution is 2.51. The zero-order valence-electron chi connectivity index (χ0n) is 16.6. The van der Waals surface area contributed by atoms with Crippen molar-refractivity contribution in [2.45, 2.75) is 63.9 Å². The first-order valence-corrected chi connectivity index (χ1v) is 12.8. The Hall–Kier alpha value is -1.15. The van der Waals surface area contributed by atoms with E-state index in [1.807, 2.05) is 0 Å². The lowest BCUT2D eigenvalue weighted by Gasteiger charge is -2.20. The summed E-state index contributed by atoms with van der Waals surface area (Å²) in [7, 11) is -3.14. The summed E-state index contributed by atoms with van der Waals surface area (Å²) >= 11 is 1.28. The Labute approximate surface area is 170 Å². The second-order valence-electron chi connectivity index (χ2n) is 7.03. The third-order valence-corrected chi connectivity index (χ3v) is 8.47. The van der Waals surface area contributed by atoms with Crippen LogP contribution in [0.5, 0.6) is 0 Å². The van der Waals surface area contributed by atoms with Crippen molar-refractivity contribution in [3.8, 4) is 0 Å². The van der Waals surface area contributed by atoms with Crippen molar-refractivity contribution >= 4 is 36.3 Å². The lowest BCUT2D eigenvalue weighted by Crippen LogP contribution is -2.09. The van der Waals surface area contributed by atoms with Crippen molar-refractivity contribution in [1.82, 2.24) is 19.9 Å². The van der Waals surface area contributed by atoms with Crippen LogP contribution in [0, 0.1) is 5.92 Å². The maximum atomic E-state index is 12.6. The molecule has 0 radical (unpaired) electrons. The van der Waals surface area contributed by atoms with Gasteiger partial charge < -0.3 is 19.8 Å². The van der Waals surface area contributed by atoms with Gasteiger partial charge in [-0.2, -0.15) is 0 Å². The summed E-state index contributed by atoms with van der Waals surface area (Å²) in [5.41, 5.74) is 7.47. The summed E-state index contributed by atoms with van der Waals surface area (Å²) in [5.74, 6) is 1.92. The summed E-state index contributed by atoms with van der Waals surface area (Å²) in [5, 5.41) is 0.583. The Balaban J connectivity index is 1.66. The van der Waals surface area contributed by atoms with Crippen LogP contribution in [-0.2, 0) is 20.0 Å². The molecule has 2 aromatic rings. The number of thioether (sulfide) groups is 1. The topological polar surface area (TPSA) is 116 Å². The van der Waals surface area contributed by atoms with Crippen LogP contribution in [0.25, 0.3) is 11.2 Å². The number of hydrogen-bond acceptors (Lipinski definition) is 8. The normalized spacial score (nSPS) is 16.1. The van der Waals surface area contributed by atoms with Crippen LogP contribution in [0.3, 0.4) is 0 Å². The number of nitrogens with two attached hydrogens (primary N) is 1. The first-order chi connectivity index (χ1) is 13.5. The molecule has 28 heavy (non-hydrogen) atoms. The van der Waals surface area contributed by atoms with E-state index in [0.717, 1.165) is 24.6 Å². The van der Waals surface area contributed by atoms with Crippen molar-refractivity contribution in [1.29, 1.82) is 0 Å². The fourth-order valence-electron chi connectivity index (χ4n) is 3.58. The van der Waals surface area contributed by atoms with E-state index in [1.165, 1.54) is 43.9 Å². The first-order valence-electron chi connectivity index (χ1n) is 10.1. The van der Waals surface area contributed by atoms with Crippen molar-refractivity contribution in [2.24, 2.45) is 5.92 Å². The molecular weight excluding hydrogens is 397 g/mol. The summed E-state index contributed by atoms with van der Waals surface area (Å²) in [6.07, 6.45) is 8.56. The smallest absolute Gasteiger partial charge is 0.340 e. The van der Waals surface area contributed by atoms with Gasteiger partial charge in [0.15, 0.2) is 16.6 Å². The van der Waals surface area contributed by atoms with Gasteiger partial charge in [0.25, 0.3) is 0 Å². The third-order valence-electron chi connectivity index (χ3n) is 4.92. The standard InChI is InChI=1S/C18H30N5O3PS/c1-3-25-27(24,26-4-2)12-28-18-22-15-16(19)20-14(21-17(15)23-18)11-10-13-8-6-5-7-9-13/h13H,3-12H2,1-2H3,(H3,19,20,21,22,23). The van der Waals surface area contributed by atoms with Crippen LogP contribution in [0.15, 0.2) is 5.16 Å². The molecule has 1 fully saturated rings. The molecule has 0 saturated heterocycles. The van der Waals surface area contributed by atoms with E-state index in [1.54, 1.807) is 13.8 Å². The number of fused-ring (bicyclic) bond motifs is 1. The lowest BCUT2D eigenvalue weighted by atomic mass is 9.86. The van der Waals surface area contributed by atoms with Crippen molar-refractivity contribution in [3.63, 3.8) is 0 Å². The van der Waals surface area contributed by atoms with Gasteiger partial charge in [-0.15, -0.1) is 0 Å². The number of nitrogens with zero attached hydrogens (tertiary/aromatic N) is 3. The zero-order valence-corrected chi connectivity index (χ0v) is 18.4. The molecule has 1 aliphatic carbocycles. The lowest BCUT2D eigenvalue weighted by molar-refractivity contribution is 0.224. The molecular formula is C18H30N5O3PS. The number of anilines is 1. The molecule has 2 aromatic heterocycles. The Morgan fingerprint density at radius 2 is 1.86 bits per heavy atom. The molecule has 1 saturated carbocycles. The Bertz CT molecular complexity index is 815. The molecule has 1 aliphatic rings. The quantitative estimate of drug-likeness (QED) is 0.412. The average Bonchev–Trinajstić information content (AvgIpc) is 3.10. The molecule has 0 aliphatic heterocycles. The molecule has 156 valence electrons. The van der Waals surface area contributed by atoms with Gasteiger partial charge in [0, 0.05) is 6.42 Å². The summed E-state index contributed by atoms with van der Waals surface area (Å²) < 4.78 is 23.2. The van der Waals surface area contributed by atoms with Gasteiger partial charge in [-0.1, -0.05) is 43.9 Å². The number of hydrogen-bond donors (Lipinski definition) is 2. The summed E-state index contributed by atoms with van der Waals surface area (Å²) in [6.45, 7) is 4.26. The molecule has 10 heteroatoms. The highest BCUT2D eigenvalue weighted by atomic mass is 32.2. The van der Waals surface area contributed by atoms with Crippen LogP contribution >= 0.6 is 19.4 Å². The molecule has 8 nitrogen and oxygen atoms in total. The minimum atomic E-state index is -3.14. The van der Waals surface area contributed by atoms with Gasteiger partial charge in [0.1, 0.15) is 16.8 Å². The maximum absolute atomic E-state index is 12.6. The van der Waals surface area contributed by atoms with Gasteiger partial charge in [0.05, 0.1) is 13.2 Å². The second kappa shape index (κ2) is 10.1. The molecule has 0 unspecified atom stereocenters. The number of nitrogen functional groups attached to an aromatic ring is 1. The maximum Gasteiger partial charge on any atom is 0.340 e. The van der Waals surface area contributed by atoms with Gasteiger partial charge in [0.2, 0.25) is 0 Å². The fraction of sp³-hybridized carbons (Fsp3) is 0.722. The Morgan fingerprint density at radius 1 is 1.14 bits per heavy atom. The van der Waals surface area contributed by atoms with Crippen LogP contribution in [-0.4, -0.2) is 38.6 Å². The molecule has 0 atom stereocenters. The molecule has 3 rings (SSSR count). The third kappa shape index (κ3) is 5.69. The van der Waals surface area contributed by atoms with Gasteiger partial charge in [-0.05, 0) is 26.2 Å². The average molecular weight is 428 g/mol. The van der Waals surface area contributed by atoms with Crippen LogP contribution < -0.4 is 5.73 Å². The number of aromatic nitrogens is 4. The molecule has 2 heterocycles. The van der Waals surface area contributed by atoms with E-state index in [-0.39, 0.29) is 5.49 Å². The molecule has 0 bridgehead atoms. The monoisotopic (exact) mass is 427 g/mol. The number of imidazole rings is 1. The van der Waals surface area contributed by atoms with E-state index in [2.05, 4.69) is 19.9 Å². The van der Waals surface area contributed by atoms with E-state index in [4.69, 9.17) is 14.8 Å². The molecule has 3 N–H and O–H groups in total. The minimum absolute atomic E-state index is 0.177. The van der Waals surface area contributed by atoms with E-state index >= 15 is 0 Å². The zero-order chi connectivity index (χ0) is 20.0. The van der Waals surface area contributed by atoms with E-state index in [9.17, 15) is 4.57 Å². The van der Waals surface area contributed by atoms with Crippen molar-refractivity contribution < 1.29 is 13.6 Å². The van der Waals surface area contributed by atoms with Crippen LogP contribution in [0.1, 0.15) is 58.2 Å². The molecule has 0 amide bonds. The van der Waals surface area contributed by atoms with Crippen LogP contribution in [0.2, 0.25) is 0 Å². The number of aryl methyl sites for hydroxylation is 1. The molecule has 0 spiro atoms. The largest absolute Gasteiger partial charge is 0.382 e. The van der Waals surface area contributed by atoms with E-state index in [0.29, 0.717) is 35.4 Å². The Kier molecular flexibility index (Phi) is 7.74. The van der Waals surface area contributed by atoms with E-state index < -0.39 is 7.60 Å². The van der Waals surface area contributed by atoms with Gasteiger partial charge in [-0.3, -0.25) is 4.57 Å². The highest BCUT2D eigenvalue weighted by Gasteiger charge is 2.25. The number of aromatic amines is 1. The predicted molar refractivity (Wildman–Crippen MR) is 113 cm³/mol. The first kappa shape index (κ1) is 21.6. The second-order valence-corrected chi connectivity index (χ2v) is 10.5. The van der Waals surface area contributed by atoms with Crippen molar-refractivity contribution in [2.75, 3.05) is 24.4 Å². The summed E-state index contributed by atoms with van der Waals surface area (Å²) in [4.78, 5) is 16.6. The van der Waals surface area contributed by atoms with Gasteiger partial charge in [-0.25, -0.2) is 15.0 Å². The number of H-pyrrole nitrogens is 1. The van der Waals surface area contributed by atoms with Crippen LogP contribution in [0.4, 0.5) is 5.82 Å². The fourth-order valence-corrected chi connectivity index (χ4v) is 6.48. The van der Waals surface area contributed by atoms with Gasteiger partial charge >= 0.3 is 7.60 Å². The number of rotatable bonds is 10. The summed E-state index contributed by atoms with van der Waals surface area (Å²) in [6, 6.07) is 0. The SMILES string of the molecule is CCOP(=O)(CSc1nc2nc(CCC3CCCCC3)nc(N)c2[nH]1)OCC. The Morgan fingerprint density at radius 3 is 2.54 bits per heavy atom. The molecule has 0 aromatic carbocycles. The number of nitrogens with one attached hydrogen (secondary N) is 1. The van der Waals surface area contributed by atoms with Crippen molar-refractivity contribution in [3.05, 3.63) is 5.82 Å².